The van der Waals surface area contributed by atoms with Crippen LogP contribution in [0.3, 0.4) is 0 Å². The molecule has 0 bridgehead atoms. The predicted octanol–water partition coefficient (Wildman–Crippen LogP) is 4.25. The third-order valence-electron chi connectivity index (χ3n) is 3.96. The van der Waals surface area contributed by atoms with E-state index in [1.807, 2.05) is 24.3 Å². The molecule has 3 aromatic rings. The molecule has 4 N–H and O–H groups in total. The van der Waals surface area contributed by atoms with Crippen molar-refractivity contribution in [1.82, 2.24) is 4.98 Å². The second-order valence-corrected chi connectivity index (χ2v) is 6.77. The Morgan fingerprint density at radius 1 is 1.15 bits per heavy atom. The SMILES string of the molecule is O=C(O)c1cc(Nc2nc(O)c(C=C3C=Nc4ccccc43)s2)ccc1O. The Morgan fingerprint density at radius 3 is 2.78 bits per heavy atom. The number of carboxylic acid groups (broad SMARTS) is 1. The van der Waals surface area contributed by atoms with Crippen LogP contribution in [0.4, 0.5) is 16.5 Å². The summed E-state index contributed by atoms with van der Waals surface area (Å²) >= 11 is 1.21. The van der Waals surface area contributed by atoms with E-state index in [4.69, 9.17) is 5.11 Å². The van der Waals surface area contributed by atoms with Crippen LogP contribution in [0.1, 0.15) is 20.8 Å². The van der Waals surface area contributed by atoms with Crippen LogP contribution in [0.5, 0.6) is 11.6 Å². The van der Waals surface area contributed by atoms with Crippen molar-refractivity contribution < 1.29 is 20.1 Å². The number of benzene rings is 2. The Balaban J connectivity index is 1.62. The maximum Gasteiger partial charge on any atom is 0.339 e. The fourth-order valence-corrected chi connectivity index (χ4v) is 3.51. The molecule has 1 aliphatic heterocycles. The van der Waals surface area contributed by atoms with Gasteiger partial charge in [0.05, 0.1) is 10.6 Å². The summed E-state index contributed by atoms with van der Waals surface area (Å²) in [7, 11) is 0. The molecule has 0 radical (unpaired) electrons. The summed E-state index contributed by atoms with van der Waals surface area (Å²) in [5.41, 5.74) is 2.93. The van der Waals surface area contributed by atoms with Gasteiger partial charge in [-0.05, 0) is 30.3 Å². The molecule has 0 unspecified atom stereocenters. The molecule has 0 spiro atoms. The molecule has 27 heavy (non-hydrogen) atoms. The normalized spacial score (nSPS) is 13.7. The van der Waals surface area contributed by atoms with E-state index in [9.17, 15) is 15.0 Å². The highest BCUT2D eigenvalue weighted by molar-refractivity contribution is 7.16. The second-order valence-electron chi connectivity index (χ2n) is 5.74. The summed E-state index contributed by atoms with van der Waals surface area (Å²) in [6.45, 7) is 0. The number of aromatic hydroxyl groups is 2. The van der Waals surface area contributed by atoms with E-state index in [1.165, 1.54) is 29.5 Å². The first-order valence-corrected chi connectivity index (χ1v) is 8.71. The molecular weight excluding hydrogens is 366 g/mol. The number of para-hydroxylation sites is 1. The number of hydrogen-bond acceptors (Lipinski definition) is 7. The number of aromatic carboxylic acids is 1. The predicted molar refractivity (Wildman–Crippen MR) is 105 cm³/mol. The third-order valence-corrected chi connectivity index (χ3v) is 4.86. The summed E-state index contributed by atoms with van der Waals surface area (Å²) in [5.74, 6) is -1.69. The zero-order chi connectivity index (χ0) is 19.0. The first-order chi connectivity index (χ1) is 13.0. The molecule has 0 saturated carbocycles. The molecule has 1 aliphatic rings. The highest BCUT2D eigenvalue weighted by atomic mass is 32.1. The van der Waals surface area contributed by atoms with E-state index in [1.54, 1.807) is 12.3 Å². The maximum absolute atomic E-state index is 11.1. The molecule has 134 valence electrons. The molecule has 0 aliphatic carbocycles. The van der Waals surface area contributed by atoms with Crippen molar-refractivity contribution in [3.63, 3.8) is 0 Å². The average molecular weight is 379 g/mol. The van der Waals surface area contributed by atoms with Gasteiger partial charge in [-0.15, -0.1) is 0 Å². The van der Waals surface area contributed by atoms with Gasteiger partial charge in [0.1, 0.15) is 11.3 Å². The van der Waals surface area contributed by atoms with E-state index in [0.29, 0.717) is 15.7 Å². The lowest BCUT2D eigenvalue weighted by atomic mass is 10.1. The fraction of sp³-hybridized carbons (Fsp3) is 0. The number of carboxylic acids is 1. The largest absolute Gasteiger partial charge is 0.507 e. The topological polar surface area (TPSA) is 115 Å². The van der Waals surface area contributed by atoms with Crippen LogP contribution in [0.25, 0.3) is 11.6 Å². The van der Waals surface area contributed by atoms with Crippen molar-refractivity contribution in [1.29, 1.82) is 0 Å². The van der Waals surface area contributed by atoms with Crippen LogP contribution < -0.4 is 5.32 Å². The molecule has 4 rings (SSSR count). The van der Waals surface area contributed by atoms with Gasteiger partial charge in [0.15, 0.2) is 5.13 Å². The molecule has 1 aromatic heterocycles. The van der Waals surface area contributed by atoms with Crippen molar-refractivity contribution in [3.05, 3.63) is 58.5 Å². The van der Waals surface area contributed by atoms with Crippen molar-refractivity contribution in [2.45, 2.75) is 0 Å². The van der Waals surface area contributed by atoms with E-state index in [2.05, 4.69) is 15.3 Å². The lowest BCUT2D eigenvalue weighted by molar-refractivity contribution is 0.0694. The van der Waals surface area contributed by atoms with Gasteiger partial charge < -0.3 is 20.6 Å². The van der Waals surface area contributed by atoms with Gasteiger partial charge in [-0.25, -0.2) is 4.79 Å². The van der Waals surface area contributed by atoms with E-state index >= 15 is 0 Å². The summed E-state index contributed by atoms with van der Waals surface area (Å²) in [6, 6.07) is 11.8. The highest BCUT2D eigenvalue weighted by Gasteiger charge is 2.15. The molecule has 2 heterocycles. The number of thiazole rings is 1. The van der Waals surface area contributed by atoms with E-state index in [-0.39, 0.29) is 17.2 Å². The first kappa shape index (κ1) is 16.8. The van der Waals surface area contributed by atoms with Gasteiger partial charge >= 0.3 is 5.97 Å². The van der Waals surface area contributed by atoms with Gasteiger partial charge in [-0.3, -0.25) is 4.99 Å². The molecule has 0 amide bonds. The maximum atomic E-state index is 11.1. The van der Waals surface area contributed by atoms with E-state index in [0.717, 1.165) is 16.8 Å². The lowest BCUT2D eigenvalue weighted by Gasteiger charge is -2.05. The number of fused-ring (bicyclic) bond motifs is 1. The van der Waals surface area contributed by atoms with Crippen LogP contribution in [-0.2, 0) is 0 Å². The third kappa shape index (κ3) is 3.25. The summed E-state index contributed by atoms with van der Waals surface area (Å²) in [6.07, 6.45) is 3.53. The number of anilines is 2. The minimum absolute atomic E-state index is 0.134. The summed E-state index contributed by atoms with van der Waals surface area (Å²) in [4.78, 5) is 20.1. The molecule has 7 nitrogen and oxygen atoms in total. The fourth-order valence-electron chi connectivity index (χ4n) is 2.68. The van der Waals surface area contributed by atoms with Gasteiger partial charge in [0.2, 0.25) is 5.88 Å². The van der Waals surface area contributed by atoms with Crippen LogP contribution in [0.15, 0.2) is 47.5 Å². The van der Waals surface area contributed by atoms with Gasteiger partial charge in [0.25, 0.3) is 0 Å². The van der Waals surface area contributed by atoms with Crippen LogP contribution in [0, 0.1) is 0 Å². The number of rotatable bonds is 4. The lowest BCUT2D eigenvalue weighted by Crippen LogP contribution is -1.98. The minimum Gasteiger partial charge on any atom is -0.507 e. The highest BCUT2D eigenvalue weighted by Crippen LogP contribution is 2.37. The molecule has 2 aromatic carbocycles. The summed E-state index contributed by atoms with van der Waals surface area (Å²) < 4.78 is 0. The molecule has 0 atom stereocenters. The monoisotopic (exact) mass is 379 g/mol. The quantitative estimate of drug-likeness (QED) is 0.504. The Labute approximate surface area is 157 Å². The Kier molecular flexibility index (Phi) is 4.09. The average Bonchev–Trinajstić information content (AvgIpc) is 3.20. The second kappa shape index (κ2) is 6.58. The van der Waals surface area contributed by atoms with Gasteiger partial charge in [-0.2, -0.15) is 4.98 Å². The number of allylic oxidation sites excluding steroid dienone is 1. The summed E-state index contributed by atoms with van der Waals surface area (Å²) in [5, 5.41) is 32.1. The van der Waals surface area contributed by atoms with Crippen LogP contribution >= 0.6 is 11.3 Å². The number of hydrogen-bond donors (Lipinski definition) is 4. The number of aromatic nitrogens is 1. The molecule has 0 fully saturated rings. The van der Waals surface area contributed by atoms with Crippen molar-refractivity contribution in [3.8, 4) is 11.6 Å². The zero-order valence-electron chi connectivity index (χ0n) is 13.7. The zero-order valence-corrected chi connectivity index (χ0v) is 14.6. The number of nitrogens with one attached hydrogen (secondary N) is 1. The molecule has 0 saturated heterocycles. The molecule has 8 heteroatoms. The Morgan fingerprint density at radius 2 is 1.96 bits per heavy atom. The standard InChI is InChI=1S/C19H13N3O4S/c23-15-6-5-11(8-13(15)18(25)26)21-19-22-17(24)16(27-19)7-10-9-20-14-4-2-1-3-12(10)14/h1-9,23-24H,(H,21,22)(H,25,26). The van der Waals surface area contributed by atoms with Crippen molar-refractivity contribution >= 4 is 51.7 Å². The van der Waals surface area contributed by atoms with E-state index < -0.39 is 5.97 Å². The van der Waals surface area contributed by atoms with Crippen LogP contribution in [-0.4, -0.2) is 32.5 Å². The number of phenols is 1. The Hall–Kier alpha value is -3.65. The smallest absolute Gasteiger partial charge is 0.339 e. The van der Waals surface area contributed by atoms with Crippen molar-refractivity contribution in [2.24, 2.45) is 4.99 Å². The molecular formula is C19H13N3O4S. The Bertz CT molecular complexity index is 1120. The minimum atomic E-state index is -1.23. The van der Waals surface area contributed by atoms with Crippen LogP contribution in [0.2, 0.25) is 0 Å². The number of aliphatic imine (C=N–C) groups is 1. The number of nitrogens with zero attached hydrogens (tertiary/aromatic N) is 2. The van der Waals surface area contributed by atoms with Gasteiger partial charge in [-0.1, -0.05) is 29.5 Å². The van der Waals surface area contributed by atoms with Gasteiger partial charge in [0, 0.05) is 23.0 Å². The number of carbonyl (C=O) groups is 1. The van der Waals surface area contributed by atoms with Crippen molar-refractivity contribution in [2.75, 3.05) is 5.32 Å². The first-order valence-electron chi connectivity index (χ1n) is 7.89.